The second-order valence-corrected chi connectivity index (χ2v) is 3.05. The average molecular weight is 284 g/mol. The van der Waals surface area contributed by atoms with Gasteiger partial charge in [-0.3, -0.25) is 0 Å². The van der Waals surface area contributed by atoms with Crippen molar-refractivity contribution in [2.45, 2.75) is 6.61 Å². The van der Waals surface area contributed by atoms with Crippen LogP contribution in [-0.2, 0) is 0 Å². The second kappa shape index (κ2) is 6.56. The van der Waals surface area contributed by atoms with Gasteiger partial charge in [-0.05, 0) is 6.07 Å². The third kappa shape index (κ3) is 4.89. The molecule has 16 heavy (non-hydrogen) atoms. The molecule has 0 amide bonds. The van der Waals surface area contributed by atoms with E-state index in [0.717, 1.165) is 6.07 Å². The van der Waals surface area contributed by atoms with E-state index in [1.807, 2.05) is 0 Å². The average Bonchev–Trinajstić information content (AvgIpc) is 2.05. The van der Waals surface area contributed by atoms with Crippen molar-refractivity contribution in [1.82, 2.24) is 0 Å². The Morgan fingerprint density at radius 2 is 1.75 bits per heavy atom. The van der Waals surface area contributed by atoms with Gasteiger partial charge in [0.25, 0.3) is 0 Å². The Labute approximate surface area is 136 Å². The van der Waals surface area contributed by atoms with Crippen molar-refractivity contribution in [3.05, 3.63) is 23.2 Å². The first-order valence-corrected chi connectivity index (χ1v) is 4.12. The van der Waals surface area contributed by atoms with Crippen LogP contribution >= 0.6 is 11.6 Å². The summed E-state index contributed by atoms with van der Waals surface area (Å²) in [6.07, 6.45) is 0. The van der Waals surface area contributed by atoms with E-state index in [4.69, 9.17) is 11.6 Å². The zero-order valence-corrected chi connectivity index (χ0v) is 11.9. The molecular weight excluding hydrogens is 280 g/mol. The van der Waals surface area contributed by atoms with Gasteiger partial charge in [-0.15, -0.1) is 5.46 Å². The molecule has 0 aliphatic carbocycles. The molecule has 0 atom stereocenters. The third-order valence-electron chi connectivity index (χ3n) is 1.55. The van der Waals surface area contributed by atoms with E-state index < -0.39 is 29.8 Å². The van der Waals surface area contributed by atoms with E-state index in [2.05, 4.69) is 4.74 Å². The quantitative estimate of drug-likeness (QED) is 0.561. The van der Waals surface area contributed by atoms with Crippen molar-refractivity contribution in [3.63, 3.8) is 0 Å². The van der Waals surface area contributed by atoms with Crippen LogP contribution in [0.4, 0.5) is 21.7 Å². The standard InChI is InChI=1S/C7H4BClF5O.K/c9-5-3-4(8(12,13)14)1-2-6(5)15-7(10)11;/h1-3,7H;/q-1;+1. The fourth-order valence-corrected chi connectivity index (χ4v) is 1.15. The summed E-state index contributed by atoms with van der Waals surface area (Å²) in [7, 11) is 0. The summed E-state index contributed by atoms with van der Waals surface area (Å²) >= 11 is 5.33. The van der Waals surface area contributed by atoms with Gasteiger partial charge in [-0.1, -0.05) is 23.7 Å². The maximum atomic E-state index is 12.2. The Hall–Kier alpha value is 0.661. The molecule has 0 radical (unpaired) electrons. The zero-order chi connectivity index (χ0) is 11.6. The predicted octanol–water partition coefficient (Wildman–Crippen LogP) is -0.000200. The summed E-state index contributed by atoms with van der Waals surface area (Å²) < 4.78 is 63.9. The van der Waals surface area contributed by atoms with E-state index in [0.29, 0.717) is 12.1 Å². The van der Waals surface area contributed by atoms with Crippen LogP contribution in [0.2, 0.25) is 5.02 Å². The van der Waals surface area contributed by atoms with Crippen LogP contribution in [0.1, 0.15) is 0 Å². The maximum Gasteiger partial charge on any atom is 1.00 e. The molecule has 1 nitrogen and oxygen atoms in total. The Morgan fingerprint density at radius 1 is 1.19 bits per heavy atom. The number of alkyl halides is 2. The maximum absolute atomic E-state index is 12.2. The monoisotopic (exact) mass is 284 g/mol. The molecule has 0 saturated heterocycles. The van der Waals surface area contributed by atoms with Gasteiger partial charge >= 0.3 is 65.0 Å². The van der Waals surface area contributed by atoms with Crippen molar-refractivity contribution in [2.24, 2.45) is 0 Å². The largest absolute Gasteiger partial charge is 1.00 e. The number of ether oxygens (including phenoxy) is 1. The van der Waals surface area contributed by atoms with Crippen LogP contribution in [0.5, 0.6) is 5.75 Å². The Balaban J connectivity index is 0.00000225. The van der Waals surface area contributed by atoms with Gasteiger partial charge < -0.3 is 17.7 Å². The number of benzene rings is 1. The van der Waals surface area contributed by atoms with Crippen LogP contribution < -0.4 is 61.6 Å². The van der Waals surface area contributed by atoms with Gasteiger partial charge in [0.1, 0.15) is 5.75 Å². The minimum atomic E-state index is -5.19. The van der Waals surface area contributed by atoms with Crippen LogP contribution in [0.3, 0.4) is 0 Å². The zero-order valence-electron chi connectivity index (χ0n) is 8.06. The second-order valence-electron chi connectivity index (χ2n) is 2.64. The number of hydrogen-bond donors (Lipinski definition) is 0. The number of rotatable bonds is 3. The fourth-order valence-electron chi connectivity index (χ4n) is 0.912. The van der Waals surface area contributed by atoms with Gasteiger partial charge in [0, 0.05) is 0 Å². The topological polar surface area (TPSA) is 9.23 Å². The van der Waals surface area contributed by atoms with E-state index >= 15 is 0 Å². The summed E-state index contributed by atoms with van der Waals surface area (Å²) in [6.45, 7) is -8.31. The summed E-state index contributed by atoms with van der Waals surface area (Å²) in [5, 5.41) is -0.494. The van der Waals surface area contributed by atoms with Gasteiger partial charge in [0.15, 0.2) is 0 Å². The Bertz CT molecular complexity index is 359. The molecule has 0 heterocycles. The van der Waals surface area contributed by atoms with Crippen molar-refractivity contribution >= 4 is 24.0 Å². The van der Waals surface area contributed by atoms with Gasteiger partial charge in [-0.2, -0.15) is 8.78 Å². The minimum Gasteiger partial charge on any atom is -0.445 e. The smallest absolute Gasteiger partial charge is 0.445 e. The van der Waals surface area contributed by atoms with Crippen LogP contribution in [0.25, 0.3) is 0 Å². The number of halogens is 6. The van der Waals surface area contributed by atoms with Crippen molar-refractivity contribution < 1.29 is 77.8 Å². The first-order valence-electron chi connectivity index (χ1n) is 3.75. The van der Waals surface area contributed by atoms with E-state index in [9.17, 15) is 21.7 Å². The Morgan fingerprint density at radius 3 is 2.12 bits per heavy atom. The normalized spacial score (nSPS) is 11.2. The van der Waals surface area contributed by atoms with Crippen LogP contribution in [0.15, 0.2) is 18.2 Å². The molecule has 84 valence electrons. The van der Waals surface area contributed by atoms with Gasteiger partial charge in [0.2, 0.25) is 0 Å². The van der Waals surface area contributed by atoms with E-state index in [1.165, 1.54) is 0 Å². The molecule has 1 aromatic carbocycles. The molecule has 0 N–H and O–H groups in total. The molecule has 0 spiro atoms. The molecule has 0 bridgehead atoms. The minimum absolute atomic E-state index is 0. The van der Waals surface area contributed by atoms with E-state index in [-0.39, 0.29) is 51.4 Å². The molecule has 0 fully saturated rings. The van der Waals surface area contributed by atoms with Crippen LogP contribution in [0, 0.1) is 0 Å². The predicted molar refractivity (Wildman–Crippen MR) is 46.8 cm³/mol. The molecule has 1 rings (SSSR count). The van der Waals surface area contributed by atoms with Crippen LogP contribution in [-0.4, -0.2) is 13.6 Å². The van der Waals surface area contributed by atoms with Crippen molar-refractivity contribution in [3.8, 4) is 5.75 Å². The summed E-state index contributed by atoms with van der Waals surface area (Å²) in [5.41, 5.74) is -0.957. The summed E-state index contributed by atoms with van der Waals surface area (Å²) in [4.78, 5) is 0. The molecule has 0 saturated carbocycles. The molecule has 0 aliphatic rings. The molecule has 1 aromatic rings. The molecule has 9 heteroatoms. The molecule has 0 aromatic heterocycles. The van der Waals surface area contributed by atoms with Crippen molar-refractivity contribution in [1.29, 1.82) is 0 Å². The van der Waals surface area contributed by atoms with Crippen molar-refractivity contribution in [2.75, 3.05) is 0 Å². The van der Waals surface area contributed by atoms with Gasteiger partial charge in [0.05, 0.1) is 5.02 Å². The third-order valence-corrected chi connectivity index (χ3v) is 1.85. The van der Waals surface area contributed by atoms with Gasteiger partial charge in [-0.25, -0.2) is 0 Å². The first-order chi connectivity index (χ1) is 6.80. The fraction of sp³-hybridized carbons (Fsp3) is 0.143. The summed E-state index contributed by atoms with van der Waals surface area (Å²) in [5.74, 6) is -0.476. The molecule has 0 aliphatic heterocycles. The molecule has 0 unspecified atom stereocenters. The van der Waals surface area contributed by atoms with E-state index in [1.54, 1.807) is 0 Å². The number of hydrogen-bond acceptors (Lipinski definition) is 1. The SMILES string of the molecule is FC(F)Oc1ccc([B-](F)(F)F)cc1Cl.[K+]. The Kier molecular flexibility index (Phi) is 6.83. The first kappa shape index (κ1) is 16.7. The molecular formula is C7H4BClF5KO. The summed E-state index contributed by atoms with van der Waals surface area (Å²) in [6, 6.07) is 1.96.